The van der Waals surface area contributed by atoms with Gasteiger partial charge in [0.2, 0.25) is 0 Å². The van der Waals surface area contributed by atoms with Gasteiger partial charge in [0.25, 0.3) is 0 Å². The molecule has 1 fully saturated rings. The van der Waals surface area contributed by atoms with Crippen LogP contribution >= 0.6 is 0 Å². The molecule has 0 amide bonds. The van der Waals surface area contributed by atoms with Crippen molar-refractivity contribution in [3.63, 3.8) is 0 Å². The normalized spacial score (nSPS) is 15.5. The fraction of sp³-hybridized carbons (Fsp3) is 0.321. The van der Waals surface area contributed by atoms with E-state index in [-0.39, 0.29) is 12.0 Å². The molecule has 178 valence electrons. The molecule has 1 aliphatic rings. The Hall–Kier alpha value is -3.51. The first-order chi connectivity index (χ1) is 16.6. The van der Waals surface area contributed by atoms with Gasteiger partial charge >= 0.3 is 5.97 Å². The number of aliphatic carboxylic acids is 1. The number of carbonyl (C=O) groups is 1. The van der Waals surface area contributed by atoms with Gasteiger partial charge in [-0.25, -0.2) is 0 Å². The summed E-state index contributed by atoms with van der Waals surface area (Å²) in [5.74, 6) is 1.16. The van der Waals surface area contributed by atoms with Crippen molar-refractivity contribution in [2.45, 2.75) is 25.5 Å². The lowest BCUT2D eigenvalue weighted by Crippen LogP contribution is -2.39. The maximum absolute atomic E-state index is 11.5. The second-order valence-electron chi connectivity index (χ2n) is 8.48. The molecule has 34 heavy (non-hydrogen) atoms. The lowest BCUT2D eigenvalue weighted by Gasteiger charge is -2.37. The second kappa shape index (κ2) is 11.1. The van der Waals surface area contributed by atoms with E-state index in [2.05, 4.69) is 23.1 Å². The summed E-state index contributed by atoms with van der Waals surface area (Å²) in [4.78, 5) is 13.8. The van der Waals surface area contributed by atoms with Crippen LogP contribution in [0.25, 0.3) is 0 Å². The first kappa shape index (κ1) is 23.6. The molecule has 1 saturated heterocycles. The van der Waals surface area contributed by atoms with E-state index in [4.69, 9.17) is 14.2 Å². The van der Waals surface area contributed by atoms with Crippen LogP contribution in [0, 0.1) is 5.92 Å². The van der Waals surface area contributed by atoms with Gasteiger partial charge in [-0.15, -0.1) is 0 Å². The highest BCUT2D eigenvalue weighted by atomic mass is 16.5. The topological polar surface area (TPSA) is 68.2 Å². The molecule has 3 aromatic carbocycles. The minimum Gasteiger partial charge on any atom is -0.493 e. The SMILES string of the molecule is COc1cccc(C(c2ccc(OCc3ccccc3)cc2)N2CCC(C(=O)O)CC2)c1OC. The third-order valence-electron chi connectivity index (χ3n) is 6.42. The van der Waals surface area contributed by atoms with Gasteiger partial charge in [-0.3, -0.25) is 9.69 Å². The molecule has 0 saturated carbocycles. The van der Waals surface area contributed by atoms with Gasteiger partial charge in [0.05, 0.1) is 26.2 Å². The van der Waals surface area contributed by atoms with Crippen LogP contribution in [0.4, 0.5) is 0 Å². The predicted octanol–water partition coefficient (Wildman–Crippen LogP) is 5.17. The highest BCUT2D eigenvalue weighted by Gasteiger charge is 2.32. The van der Waals surface area contributed by atoms with Crippen LogP contribution in [-0.2, 0) is 11.4 Å². The minimum absolute atomic E-state index is 0.0945. The molecule has 6 heteroatoms. The fourth-order valence-corrected chi connectivity index (χ4v) is 4.61. The maximum Gasteiger partial charge on any atom is 0.306 e. The molecule has 6 nitrogen and oxygen atoms in total. The van der Waals surface area contributed by atoms with Gasteiger partial charge in [-0.2, -0.15) is 0 Å². The Kier molecular flexibility index (Phi) is 7.70. The summed E-state index contributed by atoms with van der Waals surface area (Å²) in [6.07, 6.45) is 1.24. The van der Waals surface area contributed by atoms with E-state index in [1.165, 1.54) is 0 Å². The summed E-state index contributed by atoms with van der Waals surface area (Å²) in [7, 11) is 3.28. The van der Waals surface area contributed by atoms with Crippen molar-refractivity contribution in [1.82, 2.24) is 4.90 Å². The Morgan fingerprint density at radius 3 is 2.26 bits per heavy atom. The number of rotatable bonds is 9. The van der Waals surface area contributed by atoms with Gasteiger partial charge < -0.3 is 19.3 Å². The Labute approximate surface area is 200 Å². The Morgan fingerprint density at radius 2 is 1.65 bits per heavy atom. The number of ether oxygens (including phenoxy) is 3. The molecule has 3 aromatic rings. The molecule has 0 radical (unpaired) electrons. The van der Waals surface area contributed by atoms with E-state index in [0.29, 0.717) is 44.0 Å². The molecule has 1 unspecified atom stereocenters. The summed E-state index contributed by atoms with van der Waals surface area (Å²) in [6, 6.07) is 24.0. The number of likely N-dealkylation sites (tertiary alicyclic amines) is 1. The van der Waals surface area contributed by atoms with Crippen molar-refractivity contribution >= 4 is 5.97 Å². The average Bonchev–Trinajstić information content (AvgIpc) is 2.89. The number of methoxy groups -OCH3 is 2. The Morgan fingerprint density at radius 1 is 0.941 bits per heavy atom. The van der Waals surface area contributed by atoms with E-state index >= 15 is 0 Å². The fourth-order valence-electron chi connectivity index (χ4n) is 4.61. The number of piperidine rings is 1. The number of carboxylic acid groups (broad SMARTS) is 1. The number of benzene rings is 3. The molecule has 0 bridgehead atoms. The Balaban J connectivity index is 1.61. The van der Waals surface area contributed by atoms with Crippen LogP contribution in [0.2, 0.25) is 0 Å². The van der Waals surface area contributed by atoms with Crippen molar-refractivity contribution in [3.8, 4) is 17.2 Å². The summed E-state index contributed by atoms with van der Waals surface area (Å²) >= 11 is 0. The molecule has 1 aliphatic heterocycles. The molecule has 0 aromatic heterocycles. The smallest absolute Gasteiger partial charge is 0.306 e. The van der Waals surface area contributed by atoms with Crippen molar-refractivity contribution in [3.05, 3.63) is 89.5 Å². The zero-order valence-electron chi connectivity index (χ0n) is 19.6. The molecule has 4 rings (SSSR count). The van der Waals surface area contributed by atoms with Crippen LogP contribution < -0.4 is 14.2 Å². The number of nitrogens with zero attached hydrogens (tertiary/aromatic N) is 1. The first-order valence-electron chi connectivity index (χ1n) is 11.5. The third-order valence-corrected chi connectivity index (χ3v) is 6.42. The predicted molar refractivity (Wildman–Crippen MR) is 131 cm³/mol. The zero-order valence-corrected chi connectivity index (χ0v) is 19.6. The summed E-state index contributed by atoms with van der Waals surface area (Å²) in [5, 5.41) is 9.44. The summed E-state index contributed by atoms with van der Waals surface area (Å²) in [6.45, 7) is 1.89. The lowest BCUT2D eigenvalue weighted by molar-refractivity contribution is -0.143. The standard InChI is InChI=1S/C28H31NO5/c1-32-25-10-6-9-24(27(25)33-2)26(29-17-15-22(16-18-29)28(30)31)21-11-13-23(14-12-21)34-19-20-7-4-3-5-8-20/h3-14,22,26H,15-19H2,1-2H3,(H,30,31). The van der Waals surface area contributed by atoms with Crippen molar-refractivity contribution in [2.24, 2.45) is 5.92 Å². The average molecular weight is 462 g/mol. The molecule has 0 spiro atoms. The van der Waals surface area contributed by atoms with Gasteiger partial charge in [0.1, 0.15) is 12.4 Å². The van der Waals surface area contributed by atoms with E-state index in [9.17, 15) is 9.90 Å². The van der Waals surface area contributed by atoms with E-state index in [0.717, 1.165) is 22.4 Å². The highest BCUT2D eigenvalue weighted by Crippen LogP contribution is 2.41. The monoisotopic (exact) mass is 461 g/mol. The van der Waals surface area contributed by atoms with Gasteiger partial charge in [0, 0.05) is 5.56 Å². The van der Waals surface area contributed by atoms with Crippen LogP contribution in [0.15, 0.2) is 72.8 Å². The number of carboxylic acids is 1. The Bertz CT molecular complexity index is 1080. The number of hydrogen-bond acceptors (Lipinski definition) is 5. The van der Waals surface area contributed by atoms with Crippen LogP contribution in [0.3, 0.4) is 0 Å². The van der Waals surface area contributed by atoms with Gasteiger partial charge in [0.15, 0.2) is 11.5 Å². The number of para-hydroxylation sites is 1. The second-order valence-corrected chi connectivity index (χ2v) is 8.48. The van der Waals surface area contributed by atoms with Crippen LogP contribution in [-0.4, -0.2) is 43.3 Å². The lowest BCUT2D eigenvalue weighted by atomic mass is 9.90. The third kappa shape index (κ3) is 5.34. The molecule has 1 heterocycles. The van der Waals surface area contributed by atoms with Crippen LogP contribution in [0.1, 0.15) is 35.6 Å². The minimum atomic E-state index is -0.713. The molecular weight excluding hydrogens is 430 g/mol. The zero-order chi connectivity index (χ0) is 23.9. The van der Waals surface area contributed by atoms with Crippen LogP contribution in [0.5, 0.6) is 17.2 Å². The molecule has 1 atom stereocenters. The summed E-state index contributed by atoms with van der Waals surface area (Å²) < 4.78 is 17.3. The van der Waals surface area contributed by atoms with Gasteiger partial charge in [-0.05, 0) is 55.3 Å². The molecular formula is C28H31NO5. The maximum atomic E-state index is 11.5. The van der Waals surface area contributed by atoms with Gasteiger partial charge in [-0.1, -0.05) is 54.6 Å². The van der Waals surface area contributed by atoms with Crippen molar-refractivity contribution in [1.29, 1.82) is 0 Å². The first-order valence-corrected chi connectivity index (χ1v) is 11.5. The highest BCUT2D eigenvalue weighted by molar-refractivity contribution is 5.70. The largest absolute Gasteiger partial charge is 0.493 e. The number of hydrogen-bond donors (Lipinski definition) is 1. The van der Waals surface area contributed by atoms with E-state index in [1.54, 1.807) is 14.2 Å². The quantitative estimate of drug-likeness (QED) is 0.474. The van der Waals surface area contributed by atoms with E-state index in [1.807, 2.05) is 54.6 Å². The van der Waals surface area contributed by atoms with Crippen molar-refractivity contribution in [2.75, 3.05) is 27.3 Å². The summed E-state index contributed by atoms with van der Waals surface area (Å²) in [5.41, 5.74) is 3.20. The van der Waals surface area contributed by atoms with E-state index < -0.39 is 5.97 Å². The molecule has 0 aliphatic carbocycles. The van der Waals surface area contributed by atoms with Crippen molar-refractivity contribution < 1.29 is 24.1 Å². The molecule has 1 N–H and O–H groups in total.